The van der Waals surface area contributed by atoms with E-state index in [1.165, 1.54) is 0 Å². The zero-order valence-electron chi connectivity index (χ0n) is 8.89. The van der Waals surface area contributed by atoms with Gasteiger partial charge in [-0.3, -0.25) is 4.79 Å². The zero-order valence-corrected chi connectivity index (χ0v) is 8.89. The van der Waals surface area contributed by atoms with Gasteiger partial charge in [0.2, 0.25) is 0 Å². The fourth-order valence-corrected chi connectivity index (χ4v) is 1.46. The maximum atomic E-state index is 11.2. The summed E-state index contributed by atoms with van der Waals surface area (Å²) in [6, 6.07) is 7.09. The van der Waals surface area contributed by atoms with Crippen LogP contribution in [0.4, 0.5) is 0 Å². The number of aryl methyl sites for hydroxylation is 2. The summed E-state index contributed by atoms with van der Waals surface area (Å²) in [7, 11) is 0. The van der Waals surface area contributed by atoms with E-state index in [1.807, 2.05) is 32.9 Å². The third kappa shape index (κ3) is 3.21. The minimum atomic E-state index is -0.169. The molecule has 1 aromatic rings. The molecule has 0 bridgehead atoms. The quantitative estimate of drug-likeness (QED) is 0.685. The highest BCUT2D eigenvalue weighted by atomic mass is 16.5. The zero-order chi connectivity index (χ0) is 10.6. The van der Waals surface area contributed by atoms with E-state index < -0.39 is 0 Å². The molecule has 2 heteroatoms. The first-order chi connectivity index (χ1) is 6.61. The Bertz CT molecular complexity index is 309. The topological polar surface area (TPSA) is 26.3 Å². The molecule has 0 unspecified atom stereocenters. The number of carbonyl (C=O) groups excluding carboxylic acids is 1. The smallest absolute Gasteiger partial charge is 0.310 e. The van der Waals surface area contributed by atoms with Gasteiger partial charge in [0.05, 0.1) is 13.0 Å². The van der Waals surface area contributed by atoms with Crippen LogP contribution in [0.3, 0.4) is 0 Å². The van der Waals surface area contributed by atoms with Crippen LogP contribution in [0.2, 0.25) is 0 Å². The Hall–Kier alpha value is -1.31. The first-order valence-electron chi connectivity index (χ1n) is 4.77. The van der Waals surface area contributed by atoms with Crippen molar-refractivity contribution in [2.24, 2.45) is 0 Å². The molecule has 75 valence electrons. The molecule has 0 atom stereocenters. The van der Waals surface area contributed by atoms with Crippen molar-refractivity contribution in [1.29, 1.82) is 0 Å². The van der Waals surface area contributed by atoms with Gasteiger partial charge in [0.1, 0.15) is 0 Å². The van der Waals surface area contributed by atoms with E-state index in [4.69, 9.17) is 4.74 Å². The lowest BCUT2D eigenvalue weighted by Crippen LogP contribution is -2.07. The van der Waals surface area contributed by atoms with Gasteiger partial charge in [-0.05, 0) is 43.5 Å². The van der Waals surface area contributed by atoms with Gasteiger partial charge in [-0.2, -0.15) is 0 Å². The molecule has 0 aliphatic carbocycles. The summed E-state index contributed by atoms with van der Waals surface area (Å²) in [6.07, 6.45) is 0.351. The van der Waals surface area contributed by atoms with Gasteiger partial charge in [0.25, 0.3) is 0 Å². The highest BCUT2D eigenvalue weighted by Gasteiger charge is 2.04. The van der Waals surface area contributed by atoms with Crippen LogP contribution in [0.15, 0.2) is 12.1 Å². The van der Waals surface area contributed by atoms with Crippen molar-refractivity contribution in [1.82, 2.24) is 0 Å². The number of benzene rings is 1. The fraction of sp³-hybridized carbons (Fsp3) is 0.417. The third-order valence-electron chi connectivity index (χ3n) is 1.85. The second kappa shape index (κ2) is 4.80. The largest absolute Gasteiger partial charge is 0.466 e. The molecular formula is C12H15O2. The molecule has 0 spiro atoms. The predicted octanol–water partition coefficient (Wildman–Crippen LogP) is 2.21. The lowest BCUT2D eigenvalue weighted by molar-refractivity contribution is -0.142. The fourth-order valence-electron chi connectivity index (χ4n) is 1.46. The van der Waals surface area contributed by atoms with Crippen LogP contribution >= 0.6 is 0 Å². The first-order valence-corrected chi connectivity index (χ1v) is 4.77. The van der Waals surface area contributed by atoms with Crippen molar-refractivity contribution in [3.05, 3.63) is 34.9 Å². The van der Waals surface area contributed by atoms with Gasteiger partial charge < -0.3 is 4.74 Å². The minimum Gasteiger partial charge on any atom is -0.466 e. The molecule has 14 heavy (non-hydrogen) atoms. The van der Waals surface area contributed by atoms with Crippen LogP contribution in [0.5, 0.6) is 0 Å². The molecule has 1 rings (SSSR count). The van der Waals surface area contributed by atoms with Crippen LogP contribution in [-0.4, -0.2) is 12.6 Å². The van der Waals surface area contributed by atoms with Gasteiger partial charge in [-0.1, -0.05) is 12.1 Å². The Labute approximate surface area is 84.9 Å². The second-order valence-electron chi connectivity index (χ2n) is 3.34. The van der Waals surface area contributed by atoms with Crippen molar-refractivity contribution in [2.75, 3.05) is 6.61 Å². The summed E-state index contributed by atoms with van der Waals surface area (Å²) < 4.78 is 4.88. The molecule has 0 N–H and O–H groups in total. The van der Waals surface area contributed by atoms with E-state index in [-0.39, 0.29) is 5.97 Å². The Morgan fingerprint density at radius 1 is 1.36 bits per heavy atom. The number of hydrogen-bond acceptors (Lipinski definition) is 2. The van der Waals surface area contributed by atoms with Crippen LogP contribution in [-0.2, 0) is 16.0 Å². The maximum Gasteiger partial charge on any atom is 0.310 e. The summed E-state index contributed by atoms with van der Waals surface area (Å²) in [5.41, 5.74) is 3.12. The van der Waals surface area contributed by atoms with Gasteiger partial charge in [-0.25, -0.2) is 0 Å². The van der Waals surface area contributed by atoms with Crippen LogP contribution in [0, 0.1) is 19.9 Å². The predicted molar refractivity (Wildman–Crippen MR) is 55.1 cm³/mol. The van der Waals surface area contributed by atoms with E-state index in [0.717, 1.165) is 16.7 Å². The van der Waals surface area contributed by atoms with Gasteiger partial charge in [0, 0.05) is 0 Å². The monoisotopic (exact) mass is 191 g/mol. The summed E-state index contributed by atoms with van der Waals surface area (Å²) in [5.74, 6) is -0.169. The van der Waals surface area contributed by atoms with Crippen molar-refractivity contribution in [3.8, 4) is 0 Å². The average Bonchev–Trinajstić information content (AvgIpc) is 2.01. The number of esters is 1. The van der Waals surface area contributed by atoms with Gasteiger partial charge in [0.15, 0.2) is 0 Å². The third-order valence-corrected chi connectivity index (χ3v) is 1.85. The summed E-state index contributed by atoms with van der Waals surface area (Å²) in [4.78, 5) is 11.2. The molecule has 0 amide bonds. The van der Waals surface area contributed by atoms with Gasteiger partial charge >= 0.3 is 5.97 Å². The summed E-state index contributed by atoms with van der Waals surface area (Å²) >= 11 is 0. The number of hydrogen-bond donors (Lipinski definition) is 0. The number of ether oxygens (including phenoxy) is 1. The normalized spacial score (nSPS) is 9.93. The Morgan fingerprint density at radius 3 is 2.43 bits per heavy atom. The SMILES string of the molecule is CCOC(=O)Cc1cc(C)[c]c(C)c1. The molecule has 1 radical (unpaired) electrons. The lowest BCUT2D eigenvalue weighted by atomic mass is 10.1. The molecule has 0 aliphatic rings. The standard InChI is InChI=1S/C12H15O2/c1-4-14-12(13)8-11-6-9(2)5-10(3)7-11/h6-7H,4,8H2,1-3H3. The van der Waals surface area contributed by atoms with E-state index in [0.29, 0.717) is 13.0 Å². The van der Waals surface area contributed by atoms with E-state index in [2.05, 4.69) is 6.07 Å². The molecule has 0 saturated heterocycles. The first kappa shape index (κ1) is 10.8. The van der Waals surface area contributed by atoms with Crippen LogP contribution in [0.1, 0.15) is 23.6 Å². The molecule has 0 aromatic heterocycles. The Balaban J connectivity index is 2.71. The molecular weight excluding hydrogens is 176 g/mol. The van der Waals surface area contributed by atoms with E-state index >= 15 is 0 Å². The van der Waals surface area contributed by atoms with Crippen molar-refractivity contribution < 1.29 is 9.53 Å². The highest BCUT2D eigenvalue weighted by molar-refractivity contribution is 5.72. The van der Waals surface area contributed by atoms with Crippen LogP contribution in [0.25, 0.3) is 0 Å². The molecule has 0 heterocycles. The van der Waals surface area contributed by atoms with E-state index in [1.54, 1.807) is 0 Å². The van der Waals surface area contributed by atoms with E-state index in [9.17, 15) is 4.79 Å². The highest BCUT2D eigenvalue weighted by Crippen LogP contribution is 2.09. The maximum absolute atomic E-state index is 11.2. The minimum absolute atomic E-state index is 0.169. The Kier molecular flexibility index (Phi) is 3.69. The molecule has 1 aromatic carbocycles. The number of rotatable bonds is 3. The van der Waals surface area contributed by atoms with Crippen molar-refractivity contribution in [2.45, 2.75) is 27.2 Å². The average molecular weight is 191 g/mol. The molecule has 0 saturated carbocycles. The lowest BCUT2D eigenvalue weighted by Gasteiger charge is -2.04. The molecule has 2 nitrogen and oxygen atoms in total. The van der Waals surface area contributed by atoms with Crippen molar-refractivity contribution >= 4 is 5.97 Å². The summed E-state index contributed by atoms with van der Waals surface area (Å²) in [6.45, 7) is 6.20. The second-order valence-corrected chi connectivity index (χ2v) is 3.34. The number of carbonyl (C=O) groups is 1. The Morgan fingerprint density at radius 2 is 1.93 bits per heavy atom. The molecule has 0 fully saturated rings. The van der Waals surface area contributed by atoms with Gasteiger partial charge in [-0.15, -0.1) is 0 Å². The summed E-state index contributed by atoms with van der Waals surface area (Å²) in [5, 5.41) is 0. The molecule has 0 aliphatic heterocycles. The van der Waals surface area contributed by atoms with Crippen molar-refractivity contribution in [3.63, 3.8) is 0 Å². The van der Waals surface area contributed by atoms with Crippen LogP contribution < -0.4 is 0 Å².